The smallest absolute Gasteiger partial charge is 0.337 e. The third-order valence-electron chi connectivity index (χ3n) is 2.92. The van der Waals surface area contributed by atoms with Crippen LogP contribution in [0.25, 0.3) is 11.1 Å². The molecule has 1 unspecified atom stereocenters. The van der Waals surface area contributed by atoms with E-state index in [0.717, 1.165) is 5.56 Å². The van der Waals surface area contributed by atoms with E-state index in [1.54, 1.807) is 36.4 Å². The van der Waals surface area contributed by atoms with Gasteiger partial charge in [0.25, 0.3) is 0 Å². The largest absolute Gasteiger partial charge is 0.479 e. The summed E-state index contributed by atoms with van der Waals surface area (Å²) in [5, 5.41) is 10.2. The van der Waals surface area contributed by atoms with Crippen LogP contribution in [0.15, 0.2) is 42.5 Å². The molecule has 5 heteroatoms. The maximum atomic E-state index is 11.3. The standard InChI is InChI=1S/C15H12Cl2O3/c1-20-14(15(18)19)12-5-3-2-4-10(12)11-7-6-9(16)8-13(11)17/h2-8,14H,1H3,(H,18,19). The number of rotatable bonds is 4. The summed E-state index contributed by atoms with van der Waals surface area (Å²) in [6.07, 6.45) is -1.04. The monoisotopic (exact) mass is 310 g/mol. The zero-order chi connectivity index (χ0) is 14.7. The Morgan fingerprint density at radius 3 is 2.45 bits per heavy atom. The molecule has 104 valence electrons. The molecule has 0 spiro atoms. The maximum absolute atomic E-state index is 11.3. The Hall–Kier alpha value is -1.55. The molecule has 1 N–H and O–H groups in total. The molecule has 0 aliphatic carbocycles. The van der Waals surface area contributed by atoms with Gasteiger partial charge in [0.15, 0.2) is 6.10 Å². The van der Waals surface area contributed by atoms with Gasteiger partial charge in [-0.1, -0.05) is 53.5 Å². The van der Waals surface area contributed by atoms with Crippen molar-refractivity contribution >= 4 is 29.2 Å². The van der Waals surface area contributed by atoms with Gasteiger partial charge >= 0.3 is 5.97 Å². The second-order valence-electron chi connectivity index (χ2n) is 4.17. The van der Waals surface area contributed by atoms with Gasteiger partial charge in [0, 0.05) is 22.7 Å². The van der Waals surface area contributed by atoms with Crippen molar-refractivity contribution in [1.29, 1.82) is 0 Å². The predicted molar refractivity (Wildman–Crippen MR) is 79.3 cm³/mol. The molecule has 0 aliphatic heterocycles. The Bertz CT molecular complexity index is 641. The molecule has 0 bridgehead atoms. The zero-order valence-corrected chi connectivity index (χ0v) is 12.2. The van der Waals surface area contributed by atoms with E-state index in [2.05, 4.69) is 0 Å². The summed E-state index contributed by atoms with van der Waals surface area (Å²) in [5.74, 6) is -1.05. The van der Waals surface area contributed by atoms with Gasteiger partial charge in [0.2, 0.25) is 0 Å². The van der Waals surface area contributed by atoms with Gasteiger partial charge in [-0.2, -0.15) is 0 Å². The number of ether oxygens (including phenoxy) is 1. The van der Waals surface area contributed by atoms with Gasteiger partial charge in [0.1, 0.15) is 0 Å². The quantitative estimate of drug-likeness (QED) is 0.908. The minimum absolute atomic E-state index is 0.463. The number of halogens is 2. The van der Waals surface area contributed by atoms with E-state index in [1.165, 1.54) is 7.11 Å². The van der Waals surface area contributed by atoms with Gasteiger partial charge in [-0.25, -0.2) is 4.79 Å². The second kappa shape index (κ2) is 6.27. The lowest BCUT2D eigenvalue weighted by Gasteiger charge is -2.16. The molecule has 0 amide bonds. The summed E-state index contributed by atoms with van der Waals surface area (Å²) >= 11 is 12.1. The number of hydrogen-bond donors (Lipinski definition) is 1. The summed E-state index contributed by atoms with van der Waals surface area (Å²) in [6, 6.07) is 12.2. The molecule has 0 fully saturated rings. The molecule has 2 rings (SSSR count). The fourth-order valence-electron chi connectivity index (χ4n) is 2.04. The predicted octanol–water partition coefficient (Wildman–Crippen LogP) is 4.43. The number of hydrogen-bond acceptors (Lipinski definition) is 2. The van der Waals surface area contributed by atoms with Crippen LogP contribution < -0.4 is 0 Å². The van der Waals surface area contributed by atoms with E-state index in [0.29, 0.717) is 21.2 Å². The van der Waals surface area contributed by atoms with Crippen molar-refractivity contribution in [2.75, 3.05) is 7.11 Å². The molecule has 0 saturated carbocycles. The van der Waals surface area contributed by atoms with E-state index in [1.807, 2.05) is 6.07 Å². The summed E-state index contributed by atoms with van der Waals surface area (Å²) in [6.45, 7) is 0. The lowest BCUT2D eigenvalue weighted by Crippen LogP contribution is -2.14. The van der Waals surface area contributed by atoms with Crippen LogP contribution in [-0.2, 0) is 9.53 Å². The number of methoxy groups -OCH3 is 1. The van der Waals surface area contributed by atoms with Crippen molar-refractivity contribution in [2.45, 2.75) is 6.10 Å². The molecular formula is C15H12Cl2O3. The summed E-state index contributed by atoms with van der Waals surface area (Å²) in [5.41, 5.74) is 1.98. The molecule has 0 radical (unpaired) electrons. The van der Waals surface area contributed by atoms with E-state index >= 15 is 0 Å². The van der Waals surface area contributed by atoms with E-state index in [9.17, 15) is 9.90 Å². The van der Waals surface area contributed by atoms with Crippen molar-refractivity contribution in [3.05, 3.63) is 58.1 Å². The first kappa shape index (κ1) is 14.9. The molecule has 0 heterocycles. The second-order valence-corrected chi connectivity index (χ2v) is 5.01. The van der Waals surface area contributed by atoms with Crippen LogP contribution >= 0.6 is 23.2 Å². The first-order valence-electron chi connectivity index (χ1n) is 5.84. The highest BCUT2D eigenvalue weighted by molar-refractivity contribution is 6.36. The number of carboxylic acid groups (broad SMARTS) is 1. The van der Waals surface area contributed by atoms with Gasteiger partial charge in [-0.05, 0) is 23.3 Å². The van der Waals surface area contributed by atoms with Crippen LogP contribution in [0.5, 0.6) is 0 Å². The Morgan fingerprint density at radius 2 is 1.85 bits per heavy atom. The fraction of sp³-hybridized carbons (Fsp3) is 0.133. The number of carbonyl (C=O) groups is 1. The van der Waals surface area contributed by atoms with Crippen LogP contribution in [0.1, 0.15) is 11.7 Å². The molecule has 1 atom stereocenters. The van der Waals surface area contributed by atoms with Crippen LogP contribution in [-0.4, -0.2) is 18.2 Å². The van der Waals surface area contributed by atoms with Gasteiger partial charge in [0.05, 0.1) is 0 Å². The fourth-order valence-corrected chi connectivity index (χ4v) is 2.55. The zero-order valence-electron chi connectivity index (χ0n) is 10.6. The molecule has 3 nitrogen and oxygen atoms in total. The van der Waals surface area contributed by atoms with Crippen molar-refractivity contribution in [1.82, 2.24) is 0 Å². The Balaban J connectivity index is 2.60. The van der Waals surface area contributed by atoms with E-state index in [-0.39, 0.29) is 0 Å². The highest BCUT2D eigenvalue weighted by atomic mass is 35.5. The molecule has 0 aliphatic rings. The summed E-state index contributed by atoms with van der Waals surface area (Å²) in [4.78, 5) is 11.3. The first-order valence-corrected chi connectivity index (χ1v) is 6.60. The molecule has 2 aromatic rings. The van der Waals surface area contributed by atoms with Crippen LogP contribution in [0.4, 0.5) is 0 Å². The molecule has 2 aromatic carbocycles. The maximum Gasteiger partial charge on any atom is 0.337 e. The van der Waals surface area contributed by atoms with Crippen molar-refractivity contribution in [3.63, 3.8) is 0 Å². The SMILES string of the molecule is COC(C(=O)O)c1ccccc1-c1ccc(Cl)cc1Cl. The highest BCUT2D eigenvalue weighted by Crippen LogP contribution is 2.35. The van der Waals surface area contributed by atoms with Crippen molar-refractivity contribution in [2.24, 2.45) is 0 Å². The van der Waals surface area contributed by atoms with Crippen LogP contribution in [0.2, 0.25) is 10.0 Å². The van der Waals surface area contributed by atoms with Gasteiger partial charge in [-0.3, -0.25) is 0 Å². The van der Waals surface area contributed by atoms with Crippen molar-refractivity contribution in [3.8, 4) is 11.1 Å². The molecular weight excluding hydrogens is 299 g/mol. The van der Waals surface area contributed by atoms with Gasteiger partial charge < -0.3 is 9.84 Å². The summed E-state index contributed by atoms with van der Waals surface area (Å²) in [7, 11) is 1.36. The molecule has 20 heavy (non-hydrogen) atoms. The van der Waals surface area contributed by atoms with Crippen molar-refractivity contribution < 1.29 is 14.6 Å². The average Bonchev–Trinajstić information content (AvgIpc) is 2.40. The summed E-state index contributed by atoms with van der Waals surface area (Å²) < 4.78 is 5.05. The van der Waals surface area contributed by atoms with Crippen LogP contribution in [0.3, 0.4) is 0 Å². The Kier molecular flexibility index (Phi) is 4.65. The van der Waals surface area contributed by atoms with E-state index in [4.69, 9.17) is 27.9 Å². The highest BCUT2D eigenvalue weighted by Gasteiger charge is 2.23. The molecule has 0 saturated heterocycles. The number of aliphatic carboxylic acids is 1. The number of carboxylic acids is 1. The minimum Gasteiger partial charge on any atom is -0.479 e. The third kappa shape index (κ3) is 2.96. The molecule has 0 aromatic heterocycles. The first-order chi connectivity index (χ1) is 9.54. The Labute approximate surface area is 126 Å². The van der Waals surface area contributed by atoms with E-state index < -0.39 is 12.1 Å². The number of benzene rings is 2. The van der Waals surface area contributed by atoms with Gasteiger partial charge in [-0.15, -0.1) is 0 Å². The third-order valence-corrected chi connectivity index (χ3v) is 3.47. The topological polar surface area (TPSA) is 46.5 Å². The lowest BCUT2D eigenvalue weighted by molar-refractivity contribution is -0.148. The lowest BCUT2D eigenvalue weighted by atomic mass is 9.96. The normalized spacial score (nSPS) is 12.2. The average molecular weight is 311 g/mol. The van der Waals surface area contributed by atoms with Crippen LogP contribution in [0, 0.1) is 0 Å². The Morgan fingerprint density at radius 1 is 1.15 bits per heavy atom. The minimum atomic E-state index is -1.05.